The molecule has 1 atom stereocenters. The molecule has 0 bridgehead atoms. The van der Waals surface area contributed by atoms with E-state index in [2.05, 4.69) is 10.2 Å². The summed E-state index contributed by atoms with van der Waals surface area (Å²) in [4.78, 5) is 16.5. The molecule has 158 valence electrons. The van der Waals surface area contributed by atoms with Crippen molar-refractivity contribution in [1.29, 1.82) is 0 Å². The molecular formula is C24H29FN4O. The number of amides is 1. The van der Waals surface area contributed by atoms with Crippen LogP contribution in [0.2, 0.25) is 0 Å². The second kappa shape index (κ2) is 10.2. The Labute approximate surface area is 177 Å². The maximum absolute atomic E-state index is 13.4. The van der Waals surface area contributed by atoms with Gasteiger partial charge in [-0.25, -0.2) is 4.39 Å². The van der Waals surface area contributed by atoms with Gasteiger partial charge in [-0.3, -0.25) is 14.8 Å². The monoisotopic (exact) mass is 408 g/mol. The highest BCUT2D eigenvalue weighted by Gasteiger charge is 2.18. The number of hydrogen-bond donors (Lipinski definition) is 1. The predicted octanol–water partition coefficient (Wildman–Crippen LogP) is 4.30. The van der Waals surface area contributed by atoms with Crippen LogP contribution >= 0.6 is 0 Å². The lowest BCUT2D eigenvalue weighted by Gasteiger charge is -2.27. The van der Waals surface area contributed by atoms with Crippen LogP contribution < -0.4 is 0 Å². The zero-order valence-electron chi connectivity index (χ0n) is 17.8. The smallest absolute Gasteiger partial charge is 0.236 e. The van der Waals surface area contributed by atoms with Crippen molar-refractivity contribution < 1.29 is 9.18 Å². The van der Waals surface area contributed by atoms with E-state index in [1.54, 1.807) is 11.0 Å². The summed E-state index contributed by atoms with van der Waals surface area (Å²) >= 11 is 0. The van der Waals surface area contributed by atoms with Gasteiger partial charge in [-0.05, 0) is 57.1 Å². The Kier molecular flexibility index (Phi) is 7.36. The van der Waals surface area contributed by atoms with Gasteiger partial charge in [0.05, 0.1) is 18.3 Å². The average Bonchev–Trinajstić information content (AvgIpc) is 3.22. The summed E-state index contributed by atoms with van der Waals surface area (Å²) in [6.07, 6.45) is 1.71. The Morgan fingerprint density at radius 2 is 1.87 bits per heavy atom. The second-order valence-corrected chi connectivity index (χ2v) is 7.72. The fraction of sp³-hybridized carbons (Fsp3) is 0.333. The third-order valence-corrected chi connectivity index (χ3v) is 5.40. The number of carbonyl (C=O) groups excluding carboxylic acids is 1. The molecule has 3 aromatic rings. The van der Waals surface area contributed by atoms with E-state index < -0.39 is 0 Å². The predicted molar refractivity (Wildman–Crippen MR) is 117 cm³/mol. The SMILES string of the molecule is CC(c1ccccc1)N(C)C(=O)CN(C)CCCc1cc(-c2cccc(F)c2)n[nH]1. The van der Waals surface area contributed by atoms with Gasteiger partial charge in [-0.2, -0.15) is 5.10 Å². The summed E-state index contributed by atoms with van der Waals surface area (Å²) in [5, 5.41) is 7.30. The number of nitrogens with zero attached hydrogens (tertiary/aromatic N) is 3. The van der Waals surface area contributed by atoms with Gasteiger partial charge in [-0.1, -0.05) is 42.5 Å². The normalized spacial score (nSPS) is 12.2. The number of H-pyrrole nitrogens is 1. The van der Waals surface area contributed by atoms with Gasteiger partial charge in [0.2, 0.25) is 5.91 Å². The van der Waals surface area contributed by atoms with Crippen molar-refractivity contribution in [3.63, 3.8) is 0 Å². The molecule has 0 saturated heterocycles. The molecule has 30 heavy (non-hydrogen) atoms. The zero-order chi connectivity index (χ0) is 21.5. The van der Waals surface area contributed by atoms with E-state index in [0.717, 1.165) is 41.9 Å². The average molecular weight is 409 g/mol. The summed E-state index contributed by atoms with van der Waals surface area (Å²) in [5.41, 5.74) is 3.63. The number of nitrogens with one attached hydrogen (secondary N) is 1. The first-order chi connectivity index (χ1) is 14.4. The minimum Gasteiger partial charge on any atom is -0.338 e. The van der Waals surface area contributed by atoms with E-state index in [4.69, 9.17) is 0 Å². The van der Waals surface area contributed by atoms with Crippen LogP contribution in [0.15, 0.2) is 60.7 Å². The maximum atomic E-state index is 13.4. The molecule has 1 amide bonds. The van der Waals surface area contributed by atoms with Crippen LogP contribution in [0.1, 0.15) is 30.6 Å². The first-order valence-corrected chi connectivity index (χ1v) is 10.2. The largest absolute Gasteiger partial charge is 0.338 e. The Morgan fingerprint density at radius 1 is 1.10 bits per heavy atom. The van der Waals surface area contributed by atoms with Gasteiger partial charge in [-0.15, -0.1) is 0 Å². The number of aromatic amines is 1. The first-order valence-electron chi connectivity index (χ1n) is 10.2. The van der Waals surface area contributed by atoms with Crippen LogP contribution in [-0.2, 0) is 11.2 Å². The van der Waals surface area contributed by atoms with Gasteiger partial charge in [0, 0.05) is 18.3 Å². The lowest BCUT2D eigenvalue weighted by molar-refractivity contribution is -0.132. The molecule has 2 aromatic carbocycles. The molecule has 0 aliphatic rings. The third-order valence-electron chi connectivity index (χ3n) is 5.40. The summed E-state index contributed by atoms with van der Waals surface area (Å²) in [5.74, 6) is -0.168. The first kappa shape index (κ1) is 21.7. The third kappa shape index (κ3) is 5.76. The van der Waals surface area contributed by atoms with Crippen LogP contribution in [0.5, 0.6) is 0 Å². The van der Waals surface area contributed by atoms with E-state index in [9.17, 15) is 9.18 Å². The van der Waals surface area contributed by atoms with Crippen molar-refractivity contribution in [2.75, 3.05) is 27.2 Å². The zero-order valence-corrected chi connectivity index (χ0v) is 17.8. The quantitative estimate of drug-likeness (QED) is 0.574. The molecule has 6 heteroatoms. The maximum Gasteiger partial charge on any atom is 0.236 e. The molecule has 0 radical (unpaired) electrons. The highest BCUT2D eigenvalue weighted by atomic mass is 19.1. The molecule has 0 aliphatic carbocycles. The molecule has 1 heterocycles. The number of aromatic nitrogens is 2. The number of benzene rings is 2. The molecule has 1 N–H and O–H groups in total. The standard InChI is InChI=1S/C24H29FN4O/c1-18(19-9-5-4-6-10-19)29(3)24(30)17-28(2)14-8-13-22-16-23(27-26-22)20-11-7-12-21(25)15-20/h4-7,9-12,15-16,18H,8,13-14,17H2,1-3H3,(H,26,27). The van der Waals surface area contributed by atoms with Gasteiger partial charge in [0.1, 0.15) is 5.82 Å². The van der Waals surface area contributed by atoms with Crippen LogP contribution in [0.4, 0.5) is 4.39 Å². The van der Waals surface area contributed by atoms with Gasteiger partial charge in [0.25, 0.3) is 0 Å². The Morgan fingerprint density at radius 3 is 2.60 bits per heavy atom. The molecule has 0 fully saturated rings. The number of hydrogen-bond acceptors (Lipinski definition) is 3. The highest BCUT2D eigenvalue weighted by molar-refractivity contribution is 5.78. The number of rotatable bonds is 9. The summed E-state index contributed by atoms with van der Waals surface area (Å²) < 4.78 is 13.4. The van der Waals surface area contributed by atoms with Crippen LogP contribution in [0.25, 0.3) is 11.3 Å². The van der Waals surface area contributed by atoms with Crippen molar-refractivity contribution in [3.05, 3.63) is 77.7 Å². The minimum atomic E-state index is -0.269. The van der Waals surface area contributed by atoms with Crippen LogP contribution in [0.3, 0.4) is 0 Å². The van der Waals surface area contributed by atoms with Gasteiger partial charge in [0.15, 0.2) is 0 Å². The summed E-state index contributed by atoms with van der Waals surface area (Å²) in [6.45, 7) is 3.22. The highest BCUT2D eigenvalue weighted by Crippen LogP contribution is 2.20. The number of aryl methyl sites for hydroxylation is 1. The molecule has 5 nitrogen and oxygen atoms in total. The van der Waals surface area contributed by atoms with E-state index in [1.165, 1.54) is 12.1 Å². The fourth-order valence-corrected chi connectivity index (χ4v) is 3.42. The number of halogens is 1. The Balaban J connectivity index is 1.44. The van der Waals surface area contributed by atoms with E-state index in [0.29, 0.717) is 6.54 Å². The van der Waals surface area contributed by atoms with Gasteiger partial charge >= 0.3 is 0 Å². The van der Waals surface area contributed by atoms with Crippen molar-refractivity contribution in [3.8, 4) is 11.3 Å². The molecule has 3 rings (SSSR count). The molecule has 1 aromatic heterocycles. The molecule has 0 saturated carbocycles. The second-order valence-electron chi connectivity index (χ2n) is 7.72. The number of likely N-dealkylation sites (N-methyl/N-ethyl adjacent to an activating group) is 2. The minimum absolute atomic E-state index is 0.0401. The summed E-state index contributed by atoms with van der Waals surface area (Å²) in [7, 11) is 3.82. The van der Waals surface area contributed by atoms with E-state index >= 15 is 0 Å². The van der Waals surface area contributed by atoms with Gasteiger partial charge < -0.3 is 4.90 Å². The Bertz CT molecular complexity index is 957. The lowest BCUT2D eigenvalue weighted by Crippen LogP contribution is -2.38. The fourth-order valence-electron chi connectivity index (χ4n) is 3.42. The summed E-state index contributed by atoms with van der Waals surface area (Å²) in [6, 6.07) is 18.5. The molecule has 0 aliphatic heterocycles. The molecular weight excluding hydrogens is 379 g/mol. The van der Waals surface area contributed by atoms with Crippen molar-refractivity contribution in [1.82, 2.24) is 20.0 Å². The number of carbonyl (C=O) groups is 1. The van der Waals surface area contributed by atoms with Crippen LogP contribution in [0, 0.1) is 5.82 Å². The lowest BCUT2D eigenvalue weighted by atomic mass is 10.1. The van der Waals surface area contributed by atoms with E-state index in [1.807, 2.05) is 68.4 Å². The van der Waals surface area contributed by atoms with Crippen LogP contribution in [-0.4, -0.2) is 53.1 Å². The van der Waals surface area contributed by atoms with Crippen molar-refractivity contribution >= 4 is 5.91 Å². The van der Waals surface area contributed by atoms with E-state index in [-0.39, 0.29) is 17.8 Å². The van der Waals surface area contributed by atoms with Crippen molar-refractivity contribution in [2.45, 2.75) is 25.8 Å². The Hall–Kier alpha value is -2.99. The topological polar surface area (TPSA) is 52.2 Å². The molecule has 0 spiro atoms. The molecule has 1 unspecified atom stereocenters. The van der Waals surface area contributed by atoms with Crippen molar-refractivity contribution in [2.24, 2.45) is 0 Å².